The van der Waals surface area contributed by atoms with E-state index in [1.54, 1.807) is 0 Å². The molecule has 2 amide bonds. The molecule has 1 aromatic carbocycles. The van der Waals surface area contributed by atoms with Gasteiger partial charge in [0.2, 0.25) is 5.91 Å². The van der Waals surface area contributed by atoms with E-state index in [0.29, 0.717) is 19.4 Å². The van der Waals surface area contributed by atoms with Crippen molar-refractivity contribution >= 4 is 23.4 Å². The maximum atomic E-state index is 12.3. The summed E-state index contributed by atoms with van der Waals surface area (Å²) in [6.45, 7) is -2.73. The molecule has 0 spiro atoms. The number of carbonyl (C=O) groups excluding carboxylic acids is 2. The van der Waals surface area contributed by atoms with Crippen LogP contribution in [0.25, 0.3) is 0 Å². The zero-order chi connectivity index (χ0) is 15.4. The molecule has 114 valence electrons. The minimum Gasteiger partial charge on any atom is -0.434 e. The second kappa shape index (κ2) is 6.71. The molecule has 1 aromatic rings. The quantitative estimate of drug-likeness (QED) is 0.891. The van der Waals surface area contributed by atoms with Crippen molar-refractivity contribution in [2.45, 2.75) is 25.5 Å². The highest BCUT2D eigenvalue weighted by molar-refractivity contribution is 6.31. The van der Waals surface area contributed by atoms with Crippen LogP contribution in [0.3, 0.4) is 0 Å². The lowest BCUT2D eigenvalue weighted by atomic mass is 10.1. The fourth-order valence-electron chi connectivity index (χ4n) is 2.00. The van der Waals surface area contributed by atoms with Crippen LogP contribution in [0.4, 0.5) is 8.78 Å². The number of rotatable bonds is 4. The number of piperidine rings is 1. The van der Waals surface area contributed by atoms with Gasteiger partial charge in [0.1, 0.15) is 5.75 Å². The van der Waals surface area contributed by atoms with Gasteiger partial charge in [-0.2, -0.15) is 8.78 Å². The first-order valence-corrected chi connectivity index (χ1v) is 6.65. The van der Waals surface area contributed by atoms with E-state index in [0.717, 1.165) is 0 Å². The molecule has 0 radical (unpaired) electrons. The summed E-state index contributed by atoms with van der Waals surface area (Å²) in [5, 5.41) is 5.51. The summed E-state index contributed by atoms with van der Waals surface area (Å²) >= 11 is 5.78. The van der Waals surface area contributed by atoms with Gasteiger partial charge < -0.3 is 15.4 Å². The first-order chi connectivity index (χ1) is 9.95. The third-order valence-electron chi connectivity index (χ3n) is 3.00. The smallest absolute Gasteiger partial charge is 0.387 e. The van der Waals surface area contributed by atoms with E-state index in [4.69, 9.17) is 11.6 Å². The lowest BCUT2D eigenvalue weighted by Gasteiger charge is -2.23. The van der Waals surface area contributed by atoms with Gasteiger partial charge in [0.25, 0.3) is 5.91 Å². The lowest BCUT2D eigenvalue weighted by Crippen LogP contribution is -2.47. The number of ether oxygens (including phenoxy) is 1. The van der Waals surface area contributed by atoms with Crippen LogP contribution >= 0.6 is 11.6 Å². The number of halogens is 3. The number of hydrogen-bond acceptors (Lipinski definition) is 3. The standard InChI is InChI=1S/C13H13ClF2N2O3/c14-7-1-3-10(21-13(15)16)9(5-7)12(20)18-8-2-4-11(19)17-6-8/h1,3,5,8,13H,2,4,6H2,(H,17,19)(H,18,20)/t8-/m1/s1. The summed E-state index contributed by atoms with van der Waals surface area (Å²) in [5.41, 5.74) is -0.0697. The van der Waals surface area contributed by atoms with Crippen LogP contribution < -0.4 is 15.4 Å². The Hall–Kier alpha value is -1.89. The zero-order valence-electron chi connectivity index (χ0n) is 10.9. The molecule has 0 bridgehead atoms. The average Bonchev–Trinajstić information content (AvgIpc) is 2.43. The van der Waals surface area contributed by atoms with Crippen molar-refractivity contribution in [3.63, 3.8) is 0 Å². The van der Waals surface area contributed by atoms with E-state index in [9.17, 15) is 18.4 Å². The predicted molar refractivity (Wildman–Crippen MR) is 71.6 cm³/mol. The van der Waals surface area contributed by atoms with E-state index in [2.05, 4.69) is 15.4 Å². The van der Waals surface area contributed by atoms with Gasteiger partial charge in [-0.15, -0.1) is 0 Å². The highest BCUT2D eigenvalue weighted by Crippen LogP contribution is 2.24. The Morgan fingerprint density at radius 2 is 2.24 bits per heavy atom. The zero-order valence-corrected chi connectivity index (χ0v) is 11.6. The fourth-order valence-corrected chi connectivity index (χ4v) is 2.17. The van der Waals surface area contributed by atoms with Crippen molar-refractivity contribution in [3.05, 3.63) is 28.8 Å². The molecule has 1 aliphatic rings. The van der Waals surface area contributed by atoms with Crippen LogP contribution in [0.1, 0.15) is 23.2 Å². The Morgan fingerprint density at radius 1 is 1.48 bits per heavy atom. The molecule has 1 atom stereocenters. The number of carbonyl (C=O) groups is 2. The second-order valence-corrected chi connectivity index (χ2v) is 4.97. The van der Waals surface area contributed by atoms with E-state index >= 15 is 0 Å². The molecular weight excluding hydrogens is 306 g/mol. The molecule has 1 fully saturated rings. The van der Waals surface area contributed by atoms with Gasteiger partial charge in [-0.1, -0.05) is 11.6 Å². The summed E-state index contributed by atoms with van der Waals surface area (Å²) in [7, 11) is 0. The van der Waals surface area contributed by atoms with Crippen LogP contribution in [-0.4, -0.2) is 31.0 Å². The first-order valence-electron chi connectivity index (χ1n) is 6.27. The largest absolute Gasteiger partial charge is 0.434 e. The van der Waals surface area contributed by atoms with E-state index in [1.165, 1.54) is 18.2 Å². The minimum absolute atomic E-state index is 0.0697. The summed E-state index contributed by atoms with van der Waals surface area (Å²) in [5.74, 6) is -0.897. The van der Waals surface area contributed by atoms with Crippen molar-refractivity contribution in [1.29, 1.82) is 0 Å². The molecular formula is C13H13ClF2N2O3. The molecule has 0 aliphatic carbocycles. The maximum absolute atomic E-state index is 12.3. The van der Waals surface area contributed by atoms with Gasteiger partial charge in [-0.05, 0) is 24.6 Å². The minimum atomic E-state index is -3.04. The normalized spacial score (nSPS) is 18.3. The summed E-state index contributed by atoms with van der Waals surface area (Å²) < 4.78 is 29.0. The number of amides is 2. The van der Waals surface area contributed by atoms with Gasteiger partial charge in [0.15, 0.2) is 0 Å². The summed E-state index contributed by atoms with van der Waals surface area (Å²) in [6, 6.07) is 3.58. The van der Waals surface area contributed by atoms with Crippen molar-refractivity contribution in [1.82, 2.24) is 10.6 Å². The van der Waals surface area contributed by atoms with E-state index in [-0.39, 0.29) is 28.3 Å². The summed E-state index contributed by atoms with van der Waals surface area (Å²) in [6.07, 6.45) is 0.796. The summed E-state index contributed by atoms with van der Waals surface area (Å²) in [4.78, 5) is 23.2. The van der Waals surface area contributed by atoms with Crippen LogP contribution in [0, 0.1) is 0 Å². The number of benzene rings is 1. The predicted octanol–water partition coefficient (Wildman–Crippen LogP) is 1.95. The molecule has 2 N–H and O–H groups in total. The van der Waals surface area contributed by atoms with Crippen LogP contribution in [0.2, 0.25) is 5.02 Å². The molecule has 1 heterocycles. The third-order valence-corrected chi connectivity index (χ3v) is 3.24. The number of nitrogens with one attached hydrogen (secondary N) is 2. The topological polar surface area (TPSA) is 67.4 Å². The van der Waals surface area contributed by atoms with Crippen LogP contribution in [-0.2, 0) is 4.79 Å². The SMILES string of the molecule is O=C1CC[C@@H](NC(=O)c2cc(Cl)ccc2OC(F)F)CN1. The molecule has 1 aliphatic heterocycles. The lowest BCUT2D eigenvalue weighted by molar-refractivity contribution is -0.122. The van der Waals surface area contributed by atoms with Gasteiger partial charge in [-0.3, -0.25) is 9.59 Å². The Labute approximate surface area is 124 Å². The fraction of sp³-hybridized carbons (Fsp3) is 0.385. The Balaban J connectivity index is 2.10. The van der Waals surface area contributed by atoms with Crippen molar-refractivity contribution in [2.75, 3.05) is 6.54 Å². The van der Waals surface area contributed by atoms with Gasteiger partial charge >= 0.3 is 6.61 Å². The number of alkyl halides is 2. The van der Waals surface area contributed by atoms with Gasteiger partial charge in [0.05, 0.1) is 5.56 Å². The Bertz CT molecular complexity index is 544. The average molecular weight is 319 g/mol. The van der Waals surface area contributed by atoms with Crippen molar-refractivity contribution < 1.29 is 23.1 Å². The highest BCUT2D eigenvalue weighted by Gasteiger charge is 2.22. The van der Waals surface area contributed by atoms with E-state index < -0.39 is 12.5 Å². The molecule has 0 aromatic heterocycles. The molecule has 2 rings (SSSR count). The van der Waals surface area contributed by atoms with Crippen LogP contribution in [0.15, 0.2) is 18.2 Å². The van der Waals surface area contributed by atoms with Crippen molar-refractivity contribution in [3.8, 4) is 5.75 Å². The molecule has 21 heavy (non-hydrogen) atoms. The second-order valence-electron chi connectivity index (χ2n) is 4.53. The van der Waals surface area contributed by atoms with E-state index in [1.807, 2.05) is 0 Å². The molecule has 5 nitrogen and oxygen atoms in total. The third kappa shape index (κ3) is 4.29. The number of hydrogen-bond donors (Lipinski definition) is 2. The monoisotopic (exact) mass is 318 g/mol. The molecule has 0 saturated carbocycles. The maximum Gasteiger partial charge on any atom is 0.387 e. The highest BCUT2D eigenvalue weighted by atomic mass is 35.5. The molecule has 0 unspecified atom stereocenters. The van der Waals surface area contributed by atoms with Crippen molar-refractivity contribution in [2.24, 2.45) is 0 Å². The first kappa shape index (κ1) is 15.5. The van der Waals surface area contributed by atoms with Crippen LogP contribution in [0.5, 0.6) is 5.75 Å². The van der Waals surface area contributed by atoms with Gasteiger partial charge in [-0.25, -0.2) is 0 Å². The van der Waals surface area contributed by atoms with Gasteiger partial charge in [0, 0.05) is 24.0 Å². The Kier molecular flexibility index (Phi) is 4.95. The molecule has 8 heteroatoms. The molecule has 1 saturated heterocycles. The Morgan fingerprint density at radius 3 is 2.86 bits per heavy atom.